The van der Waals surface area contributed by atoms with Crippen molar-refractivity contribution >= 4 is 0 Å². The van der Waals surface area contributed by atoms with Crippen molar-refractivity contribution in [3.8, 4) is 5.75 Å². The zero-order valence-electron chi connectivity index (χ0n) is 11.5. The molecule has 0 aliphatic carbocycles. The smallest absolute Gasteiger partial charge is 0.119 e. The van der Waals surface area contributed by atoms with Gasteiger partial charge in [-0.2, -0.15) is 0 Å². The van der Waals surface area contributed by atoms with E-state index in [1.165, 1.54) is 17.5 Å². The molecular weight excluding hydrogens is 224 g/mol. The molecule has 0 saturated carbocycles. The van der Waals surface area contributed by atoms with E-state index < -0.39 is 0 Å². The Morgan fingerprint density at radius 1 is 1.28 bits per heavy atom. The zero-order valence-corrected chi connectivity index (χ0v) is 11.5. The van der Waals surface area contributed by atoms with E-state index in [9.17, 15) is 0 Å². The van der Waals surface area contributed by atoms with Crippen LogP contribution in [-0.4, -0.2) is 37.2 Å². The van der Waals surface area contributed by atoms with Crippen LogP contribution in [-0.2, 0) is 0 Å². The average molecular weight is 248 g/mol. The number of rotatable bonds is 4. The van der Waals surface area contributed by atoms with Crippen LogP contribution in [0.1, 0.15) is 24.0 Å². The van der Waals surface area contributed by atoms with Crippen molar-refractivity contribution in [2.75, 3.05) is 26.2 Å². The van der Waals surface area contributed by atoms with Gasteiger partial charge in [-0.05, 0) is 56.5 Å². The van der Waals surface area contributed by atoms with Crippen LogP contribution in [0, 0.1) is 13.8 Å². The average Bonchev–Trinajstić information content (AvgIpc) is 2.27. The predicted molar refractivity (Wildman–Crippen MR) is 75.1 cm³/mol. The molecule has 2 N–H and O–H groups in total. The molecule has 18 heavy (non-hydrogen) atoms. The number of hydrogen-bond donors (Lipinski definition) is 1. The molecule has 0 radical (unpaired) electrons. The van der Waals surface area contributed by atoms with Gasteiger partial charge in [0.1, 0.15) is 12.4 Å². The number of benzene rings is 1. The number of piperidine rings is 1. The first-order chi connectivity index (χ1) is 8.63. The third-order valence-corrected chi connectivity index (χ3v) is 3.41. The summed E-state index contributed by atoms with van der Waals surface area (Å²) in [5.74, 6) is 0.980. The minimum Gasteiger partial charge on any atom is -0.492 e. The van der Waals surface area contributed by atoms with E-state index in [-0.39, 0.29) is 0 Å². The van der Waals surface area contributed by atoms with Gasteiger partial charge in [0.25, 0.3) is 0 Å². The van der Waals surface area contributed by atoms with Crippen molar-refractivity contribution < 1.29 is 4.74 Å². The first kappa shape index (κ1) is 13.4. The molecule has 1 fully saturated rings. The summed E-state index contributed by atoms with van der Waals surface area (Å²) in [7, 11) is 0. The maximum Gasteiger partial charge on any atom is 0.119 e. The number of aryl methyl sites for hydroxylation is 2. The summed E-state index contributed by atoms with van der Waals surface area (Å²) in [4.78, 5) is 2.40. The van der Waals surface area contributed by atoms with Crippen LogP contribution in [0.15, 0.2) is 18.2 Å². The predicted octanol–water partition coefficient (Wildman–Crippen LogP) is 2.11. The number of likely N-dealkylation sites (tertiary alicyclic amines) is 1. The molecule has 1 aromatic rings. The van der Waals surface area contributed by atoms with Gasteiger partial charge in [0, 0.05) is 19.1 Å². The van der Waals surface area contributed by atoms with Gasteiger partial charge in [0.05, 0.1) is 0 Å². The molecule has 0 bridgehead atoms. The largest absolute Gasteiger partial charge is 0.492 e. The molecule has 3 nitrogen and oxygen atoms in total. The van der Waals surface area contributed by atoms with Crippen LogP contribution in [0.2, 0.25) is 0 Å². The second-order valence-corrected chi connectivity index (χ2v) is 5.37. The first-order valence-corrected chi connectivity index (χ1v) is 6.82. The molecule has 3 heteroatoms. The van der Waals surface area contributed by atoms with E-state index in [4.69, 9.17) is 10.5 Å². The van der Waals surface area contributed by atoms with E-state index in [1.807, 2.05) is 0 Å². The first-order valence-electron chi connectivity index (χ1n) is 6.82. The Morgan fingerprint density at radius 2 is 2.00 bits per heavy atom. The van der Waals surface area contributed by atoms with Crippen molar-refractivity contribution in [1.82, 2.24) is 4.90 Å². The number of nitrogens with two attached hydrogens (primary N) is 1. The molecule has 1 aromatic carbocycles. The van der Waals surface area contributed by atoms with Gasteiger partial charge in [-0.3, -0.25) is 4.90 Å². The summed E-state index contributed by atoms with van der Waals surface area (Å²) in [6.45, 7) is 8.09. The lowest BCUT2D eigenvalue weighted by atomic mass is 10.1. The second-order valence-electron chi connectivity index (χ2n) is 5.37. The molecule has 1 heterocycles. The fourth-order valence-electron chi connectivity index (χ4n) is 2.60. The van der Waals surface area contributed by atoms with Crippen LogP contribution in [0.5, 0.6) is 5.75 Å². The minimum atomic E-state index is 0.347. The monoisotopic (exact) mass is 248 g/mol. The van der Waals surface area contributed by atoms with E-state index >= 15 is 0 Å². The molecule has 2 rings (SSSR count). The fraction of sp³-hybridized carbons (Fsp3) is 0.600. The standard InChI is InChI=1S/C15H24N2O/c1-12-8-13(2)10-15(9-12)18-7-6-17-5-3-4-14(16)11-17/h8-10,14H,3-7,11,16H2,1-2H3. The molecule has 1 aliphatic heterocycles. The Hall–Kier alpha value is -1.06. The van der Waals surface area contributed by atoms with E-state index in [0.29, 0.717) is 6.04 Å². The van der Waals surface area contributed by atoms with Gasteiger partial charge in [0.2, 0.25) is 0 Å². The quantitative estimate of drug-likeness (QED) is 0.887. The molecule has 1 aliphatic rings. The van der Waals surface area contributed by atoms with Crippen molar-refractivity contribution in [3.05, 3.63) is 29.3 Å². The summed E-state index contributed by atoms with van der Waals surface area (Å²) in [5, 5.41) is 0. The summed E-state index contributed by atoms with van der Waals surface area (Å²) < 4.78 is 5.82. The number of hydrogen-bond acceptors (Lipinski definition) is 3. The summed E-state index contributed by atoms with van der Waals surface area (Å²) in [5.41, 5.74) is 8.47. The molecule has 100 valence electrons. The molecular formula is C15H24N2O. The van der Waals surface area contributed by atoms with Crippen LogP contribution in [0.3, 0.4) is 0 Å². The Balaban J connectivity index is 1.77. The lowest BCUT2D eigenvalue weighted by molar-refractivity contribution is 0.171. The van der Waals surface area contributed by atoms with E-state index in [2.05, 4.69) is 36.9 Å². The highest BCUT2D eigenvalue weighted by Gasteiger charge is 2.15. The normalized spacial score (nSPS) is 20.9. The summed E-state index contributed by atoms with van der Waals surface area (Å²) in [6, 6.07) is 6.69. The lowest BCUT2D eigenvalue weighted by Gasteiger charge is -2.30. The third kappa shape index (κ3) is 4.00. The van der Waals surface area contributed by atoms with Crippen LogP contribution < -0.4 is 10.5 Å². The van der Waals surface area contributed by atoms with Crippen molar-refractivity contribution in [2.45, 2.75) is 32.7 Å². The minimum absolute atomic E-state index is 0.347. The SMILES string of the molecule is Cc1cc(C)cc(OCCN2CCCC(N)C2)c1. The molecule has 1 unspecified atom stereocenters. The third-order valence-electron chi connectivity index (χ3n) is 3.41. The van der Waals surface area contributed by atoms with Crippen molar-refractivity contribution in [2.24, 2.45) is 5.73 Å². The van der Waals surface area contributed by atoms with Crippen LogP contribution in [0.25, 0.3) is 0 Å². The van der Waals surface area contributed by atoms with E-state index in [1.54, 1.807) is 0 Å². The maximum absolute atomic E-state index is 5.97. The second kappa shape index (κ2) is 6.21. The van der Waals surface area contributed by atoms with Crippen LogP contribution in [0.4, 0.5) is 0 Å². The molecule has 1 atom stereocenters. The number of ether oxygens (including phenoxy) is 1. The molecule has 0 spiro atoms. The molecule has 0 amide bonds. The molecule has 0 aromatic heterocycles. The van der Waals surface area contributed by atoms with Crippen LogP contribution >= 0.6 is 0 Å². The Bertz CT molecular complexity index is 372. The van der Waals surface area contributed by atoms with Gasteiger partial charge in [-0.15, -0.1) is 0 Å². The van der Waals surface area contributed by atoms with Gasteiger partial charge in [0.15, 0.2) is 0 Å². The summed E-state index contributed by atoms with van der Waals surface area (Å²) >= 11 is 0. The van der Waals surface area contributed by atoms with E-state index in [0.717, 1.165) is 38.4 Å². The van der Waals surface area contributed by atoms with Gasteiger partial charge in [-0.1, -0.05) is 6.07 Å². The Kier molecular flexibility index (Phi) is 4.61. The van der Waals surface area contributed by atoms with Gasteiger partial charge in [-0.25, -0.2) is 0 Å². The fourth-order valence-corrected chi connectivity index (χ4v) is 2.60. The maximum atomic E-state index is 5.97. The van der Waals surface area contributed by atoms with Gasteiger partial charge < -0.3 is 10.5 Å². The van der Waals surface area contributed by atoms with Crippen molar-refractivity contribution in [3.63, 3.8) is 0 Å². The van der Waals surface area contributed by atoms with Gasteiger partial charge >= 0.3 is 0 Å². The Labute approximate surface area is 110 Å². The highest BCUT2D eigenvalue weighted by Crippen LogP contribution is 2.16. The van der Waals surface area contributed by atoms with Crippen molar-refractivity contribution in [1.29, 1.82) is 0 Å². The highest BCUT2D eigenvalue weighted by atomic mass is 16.5. The molecule has 1 saturated heterocycles. The highest BCUT2D eigenvalue weighted by molar-refractivity contribution is 5.32. The summed E-state index contributed by atoms with van der Waals surface area (Å²) in [6.07, 6.45) is 2.37. The lowest BCUT2D eigenvalue weighted by Crippen LogP contribution is -2.44. The Morgan fingerprint density at radius 3 is 2.67 bits per heavy atom. The number of nitrogens with zero attached hydrogens (tertiary/aromatic N) is 1. The zero-order chi connectivity index (χ0) is 13.0. The topological polar surface area (TPSA) is 38.5 Å².